The quantitative estimate of drug-likeness (QED) is 0.769. The molecule has 1 unspecified atom stereocenters. The van der Waals surface area contributed by atoms with Crippen LogP contribution >= 0.6 is 0 Å². The molecule has 2 nitrogen and oxygen atoms in total. The summed E-state index contributed by atoms with van der Waals surface area (Å²) in [6.45, 7) is 3.99. The topological polar surface area (TPSA) is 21.3 Å². The molecule has 0 bridgehead atoms. The summed E-state index contributed by atoms with van der Waals surface area (Å²) in [4.78, 5) is 0. The Hall–Kier alpha value is -1.30. The highest BCUT2D eigenvalue weighted by molar-refractivity contribution is 5.30. The Morgan fingerprint density at radius 2 is 1.74 bits per heavy atom. The van der Waals surface area contributed by atoms with Crippen LogP contribution in [0.1, 0.15) is 25.5 Å². The van der Waals surface area contributed by atoms with E-state index in [1.165, 1.54) is 24.3 Å². The lowest BCUT2D eigenvalue weighted by Crippen LogP contribution is -2.42. The normalized spacial score (nSPS) is 13.6. The zero-order valence-corrected chi connectivity index (χ0v) is 10.8. The number of alkyl halides is 4. The van der Waals surface area contributed by atoms with Crippen molar-refractivity contribution < 1.29 is 22.3 Å². The smallest absolute Gasteiger partial charge is 0.326 e. The maximum atomic E-state index is 13.5. The largest absolute Gasteiger partial charge is 0.494 e. The Kier molecular flexibility index (Phi) is 5.60. The summed E-state index contributed by atoms with van der Waals surface area (Å²) in [6.07, 6.45) is -3.72. The van der Waals surface area contributed by atoms with Gasteiger partial charge in [0.25, 0.3) is 0 Å². The predicted octanol–water partition coefficient (Wildman–Crippen LogP) is 3.64. The standard InChI is InChI=1S/C13H17F4NO/c1-3-18-11(13(16,17)12(14)15)9-5-7-10(8-6-9)19-4-2/h5-8,11-12,18H,3-4H2,1-2H3. The van der Waals surface area contributed by atoms with Gasteiger partial charge in [-0.2, -0.15) is 8.78 Å². The third-order valence-corrected chi connectivity index (χ3v) is 2.61. The first kappa shape index (κ1) is 15.8. The molecule has 0 amide bonds. The van der Waals surface area contributed by atoms with Gasteiger partial charge in [-0.25, -0.2) is 8.78 Å². The molecule has 1 aromatic carbocycles. The molecular weight excluding hydrogens is 262 g/mol. The molecule has 0 fully saturated rings. The van der Waals surface area contributed by atoms with Gasteiger partial charge >= 0.3 is 12.3 Å². The molecule has 0 saturated carbocycles. The molecule has 0 aromatic heterocycles. The van der Waals surface area contributed by atoms with E-state index in [4.69, 9.17) is 4.74 Å². The van der Waals surface area contributed by atoms with Gasteiger partial charge in [0.05, 0.1) is 6.61 Å². The minimum absolute atomic E-state index is 0.107. The molecule has 108 valence electrons. The number of benzene rings is 1. The highest BCUT2D eigenvalue weighted by Crippen LogP contribution is 2.37. The van der Waals surface area contributed by atoms with E-state index in [2.05, 4.69) is 5.32 Å². The fourth-order valence-electron chi connectivity index (χ4n) is 1.73. The molecule has 0 radical (unpaired) electrons. The van der Waals surface area contributed by atoms with Gasteiger partial charge < -0.3 is 10.1 Å². The first-order chi connectivity index (χ1) is 8.93. The van der Waals surface area contributed by atoms with Gasteiger partial charge in [0.1, 0.15) is 11.8 Å². The minimum Gasteiger partial charge on any atom is -0.494 e. The van der Waals surface area contributed by atoms with Crippen molar-refractivity contribution in [3.8, 4) is 5.75 Å². The number of halogens is 4. The lowest BCUT2D eigenvalue weighted by atomic mass is 10.0. The molecule has 19 heavy (non-hydrogen) atoms. The van der Waals surface area contributed by atoms with Crippen molar-refractivity contribution in [2.75, 3.05) is 13.2 Å². The predicted molar refractivity (Wildman–Crippen MR) is 65.0 cm³/mol. The molecule has 0 aliphatic rings. The second kappa shape index (κ2) is 6.75. The average molecular weight is 279 g/mol. The minimum atomic E-state index is -4.12. The number of hydrogen-bond acceptors (Lipinski definition) is 2. The van der Waals surface area contributed by atoms with Crippen LogP contribution in [0, 0.1) is 0 Å². The second-order valence-electron chi connectivity index (χ2n) is 3.97. The third-order valence-electron chi connectivity index (χ3n) is 2.61. The van der Waals surface area contributed by atoms with Crippen LogP contribution < -0.4 is 10.1 Å². The highest BCUT2D eigenvalue weighted by Gasteiger charge is 2.49. The maximum absolute atomic E-state index is 13.5. The number of rotatable bonds is 7. The molecule has 6 heteroatoms. The molecule has 0 aliphatic carbocycles. The van der Waals surface area contributed by atoms with Gasteiger partial charge in [0.15, 0.2) is 0 Å². The molecule has 1 rings (SSSR count). The fourth-order valence-corrected chi connectivity index (χ4v) is 1.73. The Labute approximate surface area is 109 Å². The Morgan fingerprint density at radius 3 is 2.16 bits per heavy atom. The van der Waals surface area contributed by atoms with E-state index < -0.39 is 18.4 Å². The van der Waals surface area contributed by atoms with E-state index in [1.807, 2.05) is 0 Å². The van der Waals surface area contributed by atoms with Crippen LogP contribution in [0.15, 0.2) is 24.3 Å². The van der Waals surface area contributed by atoms with E-state index in [-0.39, 0.29) is 12.1 Å². The molecule has 1 atom stereocenters. The maximum Gasteiger partial charge on any atom is 0.326 e. The van der Waals surface area contributed by atoms with Crippen molar-refractivity contribution in [3.05, 3.63) is 29.8 Å². The lowest BCUT2D eigenvalue weighted by molar-refractivity contribution is -0.151. The van der Waals surface area contributed by atoms with Crippen LogP contribution in [0.3, 0.4) is 0 Å². The van der Waals surface area contributed by atoms with E-state index in [0.29, 0.717) is 12.4 Å². The van der Waals surface area contributed by atoms with E-state index in [1.54, 1.807) is 13.8 Å². The SMILES string of the molecule is CCNC(c1ccc(OCC)cc1)C(F)(F)C(F)F. The molecule has 1 aromatic rings. The van der Waals surface area contributed by atoms with Crippen molar-refractivity contribution in [3.63, 3.8) is 0 Å². The van der Waals surface area contributed by atoms with E-state index in [0.717, 1.165) is 0 Å². The molecule has 0 spiro atoms. The zero-order valence-electron chi connectivity index (χ0n) is 10.8. The van der Waals surface area contributed by atoms with Gasteiger partial charge in [0.2, 0.25) is 0 Å². The van der Waals surface area contributed by atoms with Crippen LogP contribution in [0.5, 0.6) is 5.75 Å². The van der Waals surface area contributed by atoms with Gasteiger partial charge in [0, 0.05) is 0 Å². The Bertz CT molecular complexity index is 381. The van der Waals surface area contributed by atoms with Crippen LogP contribution in [0.4, 0.5) is 17.6 Å². The third kappa shape index (κ3) is 3.83. The summed E-state index contributed by atoms with van der Waals surface area (Å²) in [7, 11) is 0. The summed E-state index contributed by atoms with van der Waals surface area (Å²) in [5, 5.41) is 2.40. The van der Waals surface area contributed by atoms with Crippen LogP contribution in [0.25, 0.3) is 0 Å². The van der Waals surface area contributed by atoms with Crippen molar-refractivity contribution in [2.45, 2.75) is 32.2 Å². The summed E-state index contributed by atoms with van der Waals surface area (Å²) < 4.78 is 57.1. The monoisotopic (exact) mass is 279 g/mol. The van der Waals surface area contributed by atoms with Gasteiger partial charge in [-0.05, 0) is 31.2 Å². The summed E-state index contributed by atoms with van der Waals surface area (Å²) in [6, 6.07) is 4.01. The van der Waals surface area contributed by atoms with Crippen molar-refractivity contribution in [1.29, 1.82) is 0 Å². The van der Waals surface area contributed by atoms with Gasteiger partial charge in [-0.1, -0.05) is 19.1 Å². The fraction of sp³-hybridized carbons (Fsp3) is 0.538. The first-order valence-electron chi connectivity index (χ1n) is 6.05. The Morgan fingerprint density at radius 1 is 1.16 bits per heavy atom. The zero-order chi connectivity index (χ0) is 14.5. The average Bonchev–Trinajstić information content (AvgIpc) is 2.37. The molecular formula is C13H17F4NO. The lowest BCUT2D eigenvalue weighted by Gasteiger charge is -2.27. The van der Waals surface area contributed by atoms with Crippen molar-refractivity contribution in [1.82, 2.24) is 5.32 Å². The second-order valence-corrected chi connectivity index (χ2v) is 3.97. The Balaban J connectivity index is 2.99. The summed E-state index contributed by atoms with van der Waals surface area (Å²) in [5.74, 6) is -3.61. The highest BCUT2D eigenvalue weighted by atomic mass is 19.3. The van der Waals surface area contributed by atoms with Crippen LogP contribution in [0.2, 0.25) is 0 Å². The molecule has 0 heterocycles. The van der Waals surface area contributed by atoms with Crippen LogP contribution in [-0.2, 0) is 0 Å². The summed E-state index contributed by atoms with van der Waals surface area (Å²) >= 11 is 0. The van der Waals surface area contributed by atoms with Crippen LogP contribution in [-0.4, -0.2) is 25.5 Å². The molecule has 1 N–H and O–H groups in total. The van der Waals surface area contributed by atoms with Crippen molar-refractivity contribution in [2.24, 2.45) is 0 Å². The molecule has 0 saturated heterocycles. The van der Waals surface area contributed by atoms with E-state index in [9.17, 15) is 17.6 Å². The number of hydrogen-bond donors (Lipinski definition) is 1. The van der Waals surface area contributed by atoms with E-state index >= 15 is 0 Å². The number of ether oxygens (including phenoxy) is 1. The summed E-state index contributed by atoms with van der Waals surface area (Å²) in [5.41, 5.74) is 0.107. The number of nitrogens with one attached hydrogen (secondary N) is 1. The van der Waals surface area contributed by atoms with Crippen molar-refractivity contribution >= 4 is 0 Å². The van der Waals surface area contributed by atoms with Gasteiger partial charge in [-0.15, -0.1) is 0 Å². The van der Waals surface area contributed by atoms with Gasteiger partial charge in [-0.3, -0.25) is 0 Å². The molecule has 0 aliphatic heterocycles. The first-order valence-corrected chi connectivity index (χ1v) is 6.05.